The van der Waals surface area contributed by atoms with Gasteiger partial charge in [0.05, 0.1) is 16.8 Å². The standard InChI is InChI=1S/C19H19FN2O3S/c1-2-24-10-11-25-15-8-5-6-13(17(15)20)12-21-18(23)19-22-14-7-3-4-9-16(14)26-19/h3-9H,2,10-12H2,1H3,(H,21,23). The SMILES string of the molecule is CCOCCOc1cccc(CNC(=O)c2nc3ccccc3s2)c1F. The molecule has 2 aromatic carbocycles. The quantitative estimate of drug-likeness (QED) is 0.610. The molecule has 1 amide bonds. The van der Waals surface area contributed by atoms with Crippen LogP contribution in [0.2, 0.25) is 0 Å². The average Bonchev–Trinajstić information content (AvgIpc) is 3.09. The highest BCUT2D eigenvalue weighted by Gasteiger charge is 2.14. The third-order valence-corrected chi connectivity index (χ3v) is 4.70. The summed E-state index contributed by atoms with van der Waals surface area (Å²) in [5, 5.41) is 3.07. The maximum atomic E-state index is 14.5. The number of benzene rings is 2. The normalized spacial score (nSPS) is 10.8. The number of carbonyl (C=O) groups excluding carboxylic acids is 1. The van der Waals surface area contributed by atoms with Crippen LogP contribution in [-0.4, -0.2) is 30.7 Å². The van der Waals surface area contributed by atoms with Crippen molar-refractivity contribution in [2.24, 2.45) is 0 Å². The molecule has 0 fully saturated rings. The van der Waals surface area contributed by atoms with Gasteiger partial charge in [0.15, 0.2) is 16.6 Å². The van der Waals surface area contributed by atoms with Gasteiger partial charge in [0.2, 0.25) is 0 Å². The first kappa shape index (κ1) is 18.3. The monoisotopic (exact) mass is 374 g/mol. The molecule has 0 atom stereocenters. The molecule has 3 aromatic rings. The van der Waals surface area contributed by atoms with E-state index in [1.807, 2.05) is 31.2 Å². The average molecular weight is 374 g/mol. The van der Waals surface area contributed by atoms with Crippen LogP contribution in [0.1, 0.15) is 22.3 Å². The molecular formula is C19H19FN2O3S. The molecule has 1 N–H and O–H groups in total. The Morgan fingerprint density at radius 3 is 2.85 bits per heavy atom. The van der Waals surface area contributed by atoms with Crippen molar-refractivity contribution in [1.82, 2.24) is 10.3 Å². The zero-order chi connectivity index (χ0) is 18.4. The van der Waals surface area contributed by atoms with Crippen LogP contribution in [0.4, 0.5) is 4.39 Å². The first-order chi connectivity index (χ1) is 12.7. The van der Waals surface area contributed by atoms with Gasteiger partial charge in [-0.3, -0.25) is 4.79 Å². The van der Waals surface area contributed by atoms with Crippen LogP contribution in [0.25, 0.3) is 10.2 Å². The van der Waals surface area contributed by atoms with Gasteiger partial charge in [0.25, 0.3) is 5.91 Å². The zero-order valence-electron chi connectivity index (χ0n) is 14.3. The van der Waals surface area contributed by atoms with Gasteiger partial charge in [0.1, 0.15) is 6.61 Å². The fourth-order valence-electron chi connectivity index (χ4n) is 2.38. The third kappa shape index (κ3) is 4.36. The summed E-state index contributed by atoms with van der Waals surface area (Å²) in [4.78, 5) is 16.6. The van der Waals surface area contributed by atoms with Crippen molar-refractivity contribution in [3.05, 3.63) is 58.9 Å². The molecule has 5 nitrogen and oxygen atoms in total. The molecule has 0 aliphatic rings. The van der Waals surface area contributed by atoms with E-state index in [1.165, 1.54) is 11.3 Å². The zero-order valence-corrected chi connectivity index (χ0v) is 15.1. The number of hydrogen-bond acceptors (Lipinski definition) is 5. The molecule has 1 aromatic heterocycles. The summed E-state index contributed by atoms with van der Waals surface area (Å²) in [6.07, 6.45) is 0. The van der Waals surface area contributed by atoms with Gasteiger partial charge in [-0.1, -0.05) is 24.3 Å². The van der Waals surface area contributed by atoms with Gasteiger partial charge >= 0.3 is 0 Å². The lowest BCUT2D eigenvalue weighted by atomic mass is 10.2. The molecule has 0 aliphatic heterocycles. The summed E-state index contributed by atoms with van der Waals surface area (Å²) < 4.78 is 26.0. The highest BCUT2D eigenvalue weighted by atomic mass is 32.1. The molecule has 0 radical (unpaired) electrons. The molecule has 136 valence electrons. The minimum Gasteiger partial charge on any atom is -0.488 e. The van der Waals surface area contributed by atoms with E-state index in [1.54, 1.807) is 18.2 Å². The van der Waals surface area contributed by atoms with Crippen LogP contribution in [0, 0.1) is 5.82 Å². The topological polar surface area (TPSA) is 60.5 Å². The number of hydrogen-bond donors (Lipinski definition) is 1. The summed E-state index contributed by atoms with van der Waals surface area (Å²) in [6, 6.07) is 12.4. The number of nitrogens with one attached hydrogen (secondary N) is 1. The predicted octanol–water partition coefficient (Wildman–Crippen LogP) is 3.78. The smallest absolute Gasteiger partial charge is 0.280 e. The Balaban J connectivity index is 1.62. The highest BCUT2D eigenvalue weighted by Crippen LogP contribution is 2.22. The Hall–Kier alpha value is -2.51. The maximum Gasteiger partial charge on any atom is 0.280 e. The molecule has 0 spiro atoms. The van der Waals surface area contributed by atoms with E-state index in [9.17, 15) is 9.18 Å². The van der Waals surface area contributed by atoms with E-state index in [-0.39, 0.29) is 24.8 Å². The molecule has 0 saturated heterocycles. The highest BCUT2D eigenvalue weighted by molar-refractivity contribution is 7.20. The van der Waals surface area contributed by atoms with E-state index >= 15 is 0 Å². The lowest BCUT2D eigenvalue weighted by molar-refractivity contribution is 0.0950. The Bertz CT molecular complexity index is 864. The number of aromatic nitrogens is 1. The minimum absolute atomic E-state index is 0.0588. The fourth-order valence-corrected chi connectivity index (χ4v) is 3.26. The second-order valence-electron chi connectivity index (χ2n) is 5.44. The molecule has 0 aliphatic carbocycles. The lowest BCUT2D eigenvalue weighted by Crippen LogP contribution is -2.23. The summed E-state index contributed by atoms with van der Waals surface area (Å²) >= 11 is 1.31. The first-order valence-corrected chi connectivity index (χ1v) is 9.12. The van der Waals surface area contributed by atoms with Gasteiger partial charge < -0.3 is 14.8 Å². The molecule has 3 rings (SSSR count). The number of halogens is 1. The minimum atomic E-state index is -0.478. The predicted molar refractivity (Wildman–Crippen MR) is 99.2 cm³/mol. The number of carbonyl (C=O) groups is 1. The number of nitrogens with zero attached hydrogens (tertiary/aromatic N) is 1. The molecule has 0 bridgehead atoms. The molecule has 0 unspecified atom stereocenters. The van der Waals surface area contributed by atoms with Gasteiger partial charge in [-0.15, -0.1) is 11.3 Å². The summed E-state index contributed by atoms with van der Waals surface area (Å²) in [5.41, 5.74) is 1.13. The van der Waals surface area contributed by atoms with Crippen molar-refractivity contribution in [1.29, 1.82) is 0 Å². The Kier molecular flexibility index (Phi) is 6.14. The van der Waals surface area contributed by atoms with Crippen LogP contribution in [0.15, 0.2) is 42.5 Å². The van der Waals surface area contributed by atoms with Crippen molar-refractivity contribution in [3.8, 4) is 5.75 Å². The Morgan fingerprint density at radius 2 is 2.04 bits per heavy atom. The molecule has 7 heteroatoms. The molecule has 1 heterocycles. The first-order valence-electron chi connectivity index (χ1n) is 8.30. The van der Waals surface area contributed by atoms with Crippen molar-refractivity contribution < 1.29 is 18.7 Å². The number of ether oxygens (including phenoxy) is 2. The van der Waals surface area contributed by atoms with E-state index in [0.717, 1.165) is 10.2 Å². The number of thiazole rings is 1. The lowest BCUT2D eigenvalue weighted by Gasteiger charge is -2.10. The number of amides is 1. The van der Waals surface area contributed by atoms with Gasteiger partial charge in [0, 0.05) is 18.7 Å². The third-order valence-electron chi connectivity index (χ3n) is 3.66. The van der Waals surface area contributed by atoms with Crippen LogP contribution >= 0.6 is 11.3 Å². The molecular weight excluding hydrogens is 355 g/mol. The van der Waals surface area contributed by atoms with Gasteiger partial charge in [-0.2, -0.15) is 0 Å². The number of rotatable bonds is 8. The van der Waals surface area contributed by atoms with Gasteiger partial charge in [-0.05, 0) is 25.1 Å². The largest absolute Gasteiger partial charge is 0.488 e. The molecule has 0 saturated carbocycles. The van der Waals surface area contributed by atoms with Crippen LogP contribution in [0.5, 0.6) is 5.75 Å². The summed E-state index contributed by atoms with van der Waals surface area (Å²) in [7, 11) is 0. The van der Waals surface area contributed by atoms with Crippen molar-refractivity contribution in [3.63, 3.8) is 0 Å². The second kappa shape index (κ2) is 8.73. The number of fused-ring (bicyclic) bond motifs is 1. The van der Waals surface area contributed by atoms with Crippen molar-refractivity contribution in [2.75, 3.05) is 19.8 Å². The van der Waals surface area contributed by atoms with E-state index in [0.29, 0.717) is 23.8 Å². The van der Waals surface area contributed by atoms with Crippen LogP contribution < -0.4 is 10.1 Å². The number of para-hydroxylation sites is 1. The van der Waals surface area contributed by atoms with Crippen LogP contribution in [-0.2, 0) is 11.3 Å². The second-order valence-corrected chi connectivity index (χ2v) is 6.47. The fraction of sp³-hybridized carbons (Fsp3) is 0.263. The van der Waals surface area contributed by atoms with E-state index in [4.69, 9.17) is 9.47 Å². The van der Waals surface area contributed by atoms with Crippen molar-refractivity contribution >= 4 is 27.5 Å². The van der Waals surface area contributed by atoms with E-state index < -0.39 is 5.82 Å². The maximum absolute atomic E-state index is 14.5. The summed E-state index contributed by atoms with van der Waals surface area (Å²) in [5.74, 6) is -0.654. The Labute approximate surface area is 154 Å². The van der Waals surface area contributed by atoms with Crippen LogP contribution in [0.3, 0.4) is 0 Å². The van der Waals surface area contributed by atoms with Gasteiger partial charge in [-0.25, -0.2) is 9.37 Å². The van der Waals surface area contributed by atoms with E-state index in [2.05, 4.69) is 10.3 Å². The van der Waals surface area contributed by atoms with Crippen molar-refractivity contribution in [2.45, 2.75) is 13.5 Å². The Morgan fingerprint density at radius 1 is 1.19 bits per heavy atom. The molecule has 26 heavy (non-hydrogen) atoms. The summed E-state index contributed by atoms with van der Waals surface area (Å²) in [6.45, 7) is 3.20.